The van der Waals surface area contributed by atoms with E-state index in [9.17, 15) is 4.79 Å². The van der Waals surface area contributed by atoms with E-state index >= 15 is 0 Å². The summed E-state index contributed by atoms with van der Waals surface area (Å²) in [4.78, 5) is 16.9. The molecule has 9 aromatic rings. The van der Waals surface area contributed by atoms with E-state index < -0.39 is 5.41 Å². The van der Waals surface area contributed by atoms with Crippen molar-refractivity contribution in [1.29, 1.82) is 0 Å². The van der Waals surface area contributed by atoms with Gasteiger partial charge >= 0.3 is 0 Å². The molecule has 12 rings (SSSR count). The molecule has 1 spiro atoms. The fourth-order valence-electron chi connectivity index (χ4n) is 10.9. The van der Waals surface area contributed by atoms with E-state index in [0.29, 0.717) is 0 Å². The number of para-hydroxylation sites is 2. The minimum Gasteiger partial charge on any atom is -0.309 e. The third-order valence-electron chi connectivity index (χ3n) is 13.2. The van der Waals surface area contributed by atoms with Gasteiger partial charge in [-0.1, -0.05) is 184 Å². The third kappa shape index (κ3) is 4.07. The molecule has 0 aromatic heterocycles. The SMILES string of the molecule is CC1(C)c2ccccc2C(=O)c2cc3c(cc21)C1(c2ccccc2-3)c2ccccc2N(c2c3ccccc3c(-c3ccccc3)c3ccccc23)c2ccccc21. The van der Waals surface area contributed by atoms with Crippen LogP contribution in [0.25, 0.3) is 43.8 Å². The first-order valence-corrected chi connectivity index (χ1v) is 19.9. The molecule has 2 aliphatic carbocycles. The standard InChI is InChI=1S/C55H37NO/c1-54(2)43-26-12-11-25-40(43)53(57)42-32-41-35-20-10-13-27-44(35)55(48(41)33-47(42)54)45-28-14-16-30-49(45)56(50-31-17-15-29-46(50)55)52-38-23-8-6-21-36(38)51(34-18-4-3-5-19-34)37-22-7-9-24-39(37)52/h3-33H,1-2H3. The average Bonchev–Trinajstić information content (AvgIpc) is 3.55. The summed E-state index contributed by atoms with van der Waals surface area (Å²) in [6.07, 6.45) is 0. The molecule has 0 atom stereocenters. The average molecular weight is 728 g/mol. The molecule has 0 saturated heterocycles. The van der Waals surface area contributed by atoms with Gasteiger partial charge in [-0.05, 0) is 84.6 Å². The maximum absolute atomic E-state index is 14.4. The Morgan fingerprint density at radius 3 is 1.51 bits per heavy atom. The lowest BCUT2D eigenvalue weighted by Gasteiger charge is -2.46. The van der Waals surface area contributed by atoms with Gasteiger partial charge < -0.3 is 4.90 Å². The molecule has 0 unspecified atom stereocenters. The highest BCUT2D eigenvalue weighted by molar-refractivity contribution is 6.23. The van der Waals surface area contributed by atoms with Crippen LogP contribution in [0, 0.1) is 0 Å². The van der Waals surface area contributed by atoms with Crippen molar-refractivity contribution in [1.82, 2.24) is 0 Å². The van der Waals surface area contributed by atoms with Gasteiger partial charge in [-0.2, -0.15) is 0 Å². The Morgan fingerprint density at radius 2 is 0.877 bits per heavy atom. The number of carbonyl (C=O) groups is 1. The van der Waals surface area contributed by atoms with Gasteiger partial charge in [-0.3, -0.25) is 4.79 Å². The number of nitrogens with zero attached hydrogens (tertiary/aromatic N) is 1. The van der Waals surface area contributed by atoms with Crippen molar-refractivity contribution in [3.8, 4) is 22.3 Å². The minimum atomic E-state index is -0.629. The van der Waals surface area contributed by atoms with Crippen molar-refractivity contribution in [2.75, 3.05) is 4.90 Å². The number of benzene rings is 9. The first kappa shape index (κ1) is 32.2. The van der Waals surface area contributed by atoms with Crippen LogP contribution in [0.4, 0.5) is 17.1 Å². The van der Waals surface area contributed by atoms with Crippen LogP contribution < -0.4 is 4.90 Å². The molecule has 3 aliphatic rings. The van der Waals surface area contributed by atoms with Gasteiger partial charge in [0.15, 0.2) is 5.78 Å². The maximum atomic E-state index is 14.4. The van der Waals surface area contributed by atoms with E-state index in [1.54, 1.807) is 0 Å². The zero-order valence-electron chi connectivity index (χ0n) is 31.8. The molecule has 268 valence electrons. The molecule has 1 heterocycles. The molecule has 0 fully saturated rings. The highest BCUT2D eigenvalue weighted by Crippen LogP contribution is 2.65. The van der Waals surface area contributed by atoms with E-state index in [0.717, 1.165) is 39.2 Å². The molecule has 57 heavy (non-hydrogen) atoms. The Bertz CT molecular complexity index is 3080. The van der Waals surface area contributed by atoms with Gasteiger partial charge in [0.1, 0.15) is 0 Å². The van der Waals surface area contributed by atoms with Crippen LogP contribution >= 0.6 is 0 Å². The zero-order valence-corrected chi connectivity index (χ0v) is 31.8. The van der Waals surface area contributed by atoms with Crippen LogP contribution in [0.5, 0.6) is 0 Å². The molecule has 0 N–H and O–H groups in total. The quantitative estimate of drug-likeness (QED) is 0.165. The van der Waals surface area contributed by atoms with Gasteiger partial charge in [0, 0.05) is 27.3 Å². The second-order valence-electron chi connectivity index (χ2n) is 16.3. The number of hydrogen-bond acceptors (Lipinski definition) is 2. The monoisotopic (exact) mass is 727 g/mol. The molecule has 0 radical (unpaired) electrons. The minimum absolute atomic E-state index is 0.106. The number of rotatable bonds is 2. The predicted octanol–water partition coefficient (Wildman–Crippen LogP) is 13.7. The normalized spacial score (nSPS) is 15.1. The van der Waals surface area contributed by atoms with Crippen LogP contribution in [0.3, 0.4) is 0 Å². The summed E-state index contributed by atoms with van der Waals surface area (Å²) in [5.41, 5.74) is 16.0. The Labute approximate surface area is 332 Å². The maximum Gasteiger partial charge on any atom is 0.193 e. The van der Waals surface area contributed by atoms with Crippen molar-refractivity contribution in [3.63, 3.8) is 0 Å². The molecular weight excluding hydrogens is 691 g/mol. The van der Waals surface area contributed by atoms with E-state index in [4.69, 9.17) is 0 Å². The van der Waals surface area contributed by atoms with Gasteiger partial charge in [-0.25, -0.2) is 0 Å². The second-order valence-corrected chi connectivity index (χ2v) is 16.3. The van der Waals surface area contributed by atoms with Crippen LogP contribution in [-0.2, 0) is 10.8 Å². The first-order chi connectivity index (χ1) is 28.0. The van der Waals surface area contributed by atoms with E-state index in [-0.39, 0.29) is 11.2 Å². The van der Waals surface area contributed by atoms with Crippen molar-refractivity contribution >= 4 is 44.4 Å². The Balaban J connectivity index is 1.20. The largest absolute Gasteiger partial charge is 0.309 e. The summed E-state index contributed by atoms with van der Waals surface area (Å²) in [5.74, 6) is 0.106. The Kier molecular flexibility index (Phi) is 6.51. The third-order valence-corrected chi connectivity index (χ3v) is 13.2. The fourth-order valence-corrected chi connectivity index (χ4v) is 10.9. The summed E-state index contributed by atoms with van der Waals surface area (Å²) in [5, 5.41) is 4.86. The lowest BCUT2D eigenvalue weighted by molar-refractivity contribution is 0.103. The summed E-state index contributed by atoms with van der Waals surface area (Å²) < 4.78 is 0. The number of hydrogen-bond donors (Lipinski definition) is 0. The van der Waals surface area contributed by atoms with Crippen LogP contribution in [0.15, 0.2) is 188 Å². The van der Waals surface area contributed by atoms with Crippen LogP contribution in [0.1, 0.15) is 63.1 Å². The summed E-state index contributed by atoms with van der Waals surface area (Å²) in [6.45, 7) is 4.55. The van der Waals surface area contributed by atoms with Crippen molar-refractivity contribution in [3.05, 3.63) is 233 Å². The lowest BCUT2D eigenvalue weighted by Crippen LogP contribution is -2.37. The topological polar surface area (TPSA) is 20.3 Å². The van der Waals surface area contributed by atoms with Crippen LogP contribution in [-0.4, -0.2) is 5.78 Å². The van der Waals surface area contributed by atoms with Gasteiger partial charge in [0.2, 0.25) is 0 Å². The summed E-state index contributed by atoms with van der Waals surface area (Å²) in [7, 11) is 0. The van der Waals surface area contributed by atoms with Gasteiger partial charge in [0.05, 0.1) is 22.5 Å². The summed E-state index contributed by atoms with van der Waals surface area (Å²) >= 11 is 0. The lowest BCUT2D eigenvalue weighted by atomic mass is 9.62. The highest BCUT2D eigenvalue weighted by atomic mass is 16.1. The molecule has 1 aliphatic heterocycles. The van der Waals surface area contributed by atoms with E-state index in [2.05, 4.69) is 195 Å². The first-order valence-electron chi connectivity index (χ1n) is 19.9. The van der Waals surface area contributed by atoms with Crippen LogP contribution in [0.2, 0.25) is 0 Å². The number of anilines is 3. The smallest absolute Gasteiger partial charge is 0.193 e. The van der Waals surface area contributed by atoms with Crippen molar-refractivity contribution in [2.45, 2.75) is 24.7 Å². The van der Waals surface area contributed by atoms with E-state index in [1.165, 1.54) is 66.2 Å². The van der Waals surface area contributed by atoms with Crippen molar-refractivity contribution < 1.29 is 4.79 Å². The second kappa shape index (κ2) is 11.5. The zero-order chi connectivity index (χ0) is 38.0. The molecule has 0 amide bonds. The van der Waals surface area contributed by atoms with Gasteiger partial charge in [-0.15, -0.1) is 0 Å². The fraction of sp³-hybridized carbons (Fsp3) is 0.0727. The molecule has 2 nitrogen and oxygen atoms in total. The molecule has 2 heteroatoms. The summed E-state index contributed by atoms with van der Waals surface area (Å²) in [6, 6.07) is 68.4. The molecular formula is C55H37NO. The van der Waals surface area contributed by atoms with E-state index in [1.807, 2.05) is 12.1 Å². The van der Waals surface area contributed by atoms with Gasteiger partial charge in [0.25, 0.3) is 0 Å². The molecule has 0 bridgehead atoms. The highest BCUT2D eigenvalue weighted by Gasteiger charge is 2.53. The number of carbonyl (C=O) groups excluding carboxylic acids is 1. The van der Waals surface area contributed by atoms with Crippen molar-refractivity contribution in [2.24, 2.45) is 0 Å². The Morgan fingerprint density at radius 1 is 0.386 bits per heavy atom. The molecule has 0 saturated carbocycles. The number of fused-ring (bicyclic) bond motifs is 13. The number of ketones is 1. The Hall–Kier alpha value is -7.03. The predicted molar refractivity (Wildman–Crippen MR) is 234 cm³/mol. The molecule has 9 aromatic carbocycles.